The Kier molecular flexibility index (Phi) is 5.02. The highest BCUT2D eigenvalue weighted by molar-refractivity contribution is 7.91. The van der Waals surface area contributed by atoms with Gasteiger partial charge in [-0.1, -0.05) is 18.2 Å². The third-order valence-electron chi connectivity index (χ3n) is 5.79. The van der Waals surface area contributed by atoms with Crippen molar-refractivity contribution in [3.63, 3.8) is 0 Å². The fourth-order valence-corrected chi connectivity index (χ4v) is 6.00. The second kappa shape index (κ2) is 7.85. The van der Waals surface area contributed by atoms with Crippen LogP contribution >= 0.6 is 0 Å². The van der Waals surface area contributed by atoms with Gasteiger partial charge in [0.1, 0.15) is 17.2 Å². The molecule has 1 aromatic heterocycles. The van der Waals surface area contributed by atoms with E-state index in [0.717, 1.165) is 36.3 Å². The number of sulfone groups is 1. The number of rotatable bonds is 5. The number of amides is 1. The minimum Gasteiger partial charge on any atom is -0.457 e. The van der Waals surface area contributed by atoms with Crippen LogP contribution in [0, 0.1) is 0 Å². The molecule has 7 nitrogen and oxygen atoms in total. The van der Waals surface area contributed by atoms with E-state index in [2.05, 4.69) is 10.4 Å². The van der Waals surface area contributed by atoms with Crippen molar-refractivity contribution >= 4 is 21.4 Å². The summed E-state index contributed by atoms with van der Waals surface area (Å²) >= 11 is 0. The van der Waals surface area contributed by atoms with Gasteiger partial charge in [0.05, 0.1) is 23.2 Å². The fraction of sp³-hybridized carbons (Fsp3) is 0.304. The van der Waals surface area contributed by atoms with E-state index in [1.54, 1.807) is 28.9 Å². The van der Waals surface area contributed by atoms with Gasteiger partial charge in [-0.3, -0.25) is 9.48 Å². The molecule has 5 rings (SSSR count). The zero-order valence-corrected chi connectivity index (χ0v) is 17.8. The molecule has 1 unspecified atom stereocenters. The minimum absolute atomic E-state index is 0.0410. The maximum atomic E-state index is 13.2. The number of nitrogens with one attached hydrogen (secondary N) is 1. The Morgan fingerprint density at radius 3 is 2.48 bits per heavy atom. The normalized spacial score (nSPS) is 19.2. The van der Waals surface area contributed by atoms with E-state index < -0.39 is 9.84 Å². The smallest absolute Gasteiger partial charge is 0.274 e. The van der Waals surface area contributed by atoms with Crippen molar-refractivity contribution in [2.24, 2.45) is 0 Å². The van der Waals surface area contributed by atoms with Gasteiger partial charge in [-0.25, -0.2) is 8.42 Å². The molecule has 1 saturated heterocycles. The number of hydrogen-bond acceptors (Lipinski definition) is 5. The molecule has 8 heteroatoms. The topological polar surface area (TPSA) is 90.3 Å². The maximum Gasteiger partial charge on any atom is 0.274 e. The van der Waals surface area contributed by atoms with E-state index in [9.17, 15) is 13.2 Å². The molecule has 0 saturated carbocycles. The Balaban J connectivity index is 1.36. The third-order valence-corrected chi connectivity index (χ3v) is 7.54. The first-order valence-corrected chi connectivity index (χ1v) is 12.3. The first kappa shape index (κ1) is 19.8. The quantitative estimate of drug-likeness (QED) is 0.656. The summed E-state index contributed by atoms with van der Waals surface area (Å²) in [5.41, 5.74) is 3.01. The zero-order chi connectivity index (χ0) is 21.4. The number of nitrogens with zero attached hydrogens (tertiary/aromatic N) is 2. The number of carbonyl (C=O) groups is 1. The number of hydrogen-bond donors (Lipinski definition) is 1. The fourth-order valence-electron chi connectivity index (χ4n) is 4.31. The van der Waals surface area contributed by atoms with Crippen molar-refractivity contribution in [2.75, 3.05) is 16.8 Å². The highest BCUT2D eigenvalue weighted by Gasteiger charge is 2.35. The van der Waals surface area contributed by atoms with E-state index in [0.29, 0.717) is 23.6 Å². The van der Waals surface area contributed by atoms with Crippen molar-refractivity contribution < 1.29 is 17.9 Å². The molecule has 1 aliphatic heterocycles. The zero-order valence-electron chi connectivity index (χ0n) is 17.0. The Bertz CT molecular complexity index is 1220. The minimum atomic E-state index is -3.07. The summed E-state index contributed by atoms with van der Waals surface area (Å²) < 4.78 is 31.4. The van der Waals surface area contributed by atoms with Crippen molar-refractivity contribution in [3.05, 3.63) is 71.5 Å². The first-order valence-electron chi connectivity index (χ1n) is 10.4. The summed E-state index contributed by atoms with van der Waals surface area (Å²) in [7, 11) is -3.07. The van der Waals surface area contributed by atoms with Gasteiger partial charge >= 0.3 is 0 Å². The second-order valence-corrected chi connectivity index (χ2v) is 10.3. The van der Waals surface area contributed by atoms with E-state index in [-0.39, 0.29) is 23.5 Å². The summed E-state index contributed by atoms with van der Waals surface area (Å²) in [5, 5.41) is 7.58. The number of aryl methyl sites for hydroxylation is 1. The molecule has 3 aromatic rings. The van der Waals surface area contributed by atoms with E-state index in [4.69, 9.17) is 4.74 Å². The lowest BCUT2D eigenvalue weighted by molar-refractivity contribution is 0.101. The molecule has 2 heterocycles. The Morgan fingerprint density at radius 1 is 1.03 bits per heavy atom. The van der Waals surface area contributed by atoms with Crippen LogP contribution in [0.3, 0.4) is 0 Å². The maximum absolute atomic E-state index is 13.2. The van der Waals surface area contributed by atoms with E-state index in [1.165, 1.54) is 0 Å². The molecule has 1 fully saturated rings. The number of fused-ring (bicyclic) bond motifs is 1. The van der Waals surface area contributed by atoms with Crippen LogP contribution in [0.15, 0.2) is 54.6 Å². The third kappa shape index (κ3) is 4.07. The molecule has 0 spiro atoms. The van der Waals surface area contributed by atoms with Crippen LogP contribution in [0.2, 0.25) is 0 Å². The van der Waals surface area contributed by atoms with Gasteiger partial charge < -0.3 is 10.1 Å². The summed E-state index contributed by atoms with van der Waals surface area (Å²) in [6.07, 6.45) is 3.08. The Morgan fingerprint density at radius 2 is 1.77 bits per heavy atom. The van der Waals surface area contributed by atoms with Gasteiger partial charge in [0, 0.05) is 11.3 Å². The monoisotopic (exact) mass is 437 g/mol. The van der Waals surface area contributed by atoms with Gasteiger partial charge in [-0.05, 0) is 62.1 Å². The van der Waals surface area contributed by atoms with Crippen LogP contribution in [-0.2, 0) is 22.7 Å². The first-order chi connectivity index (χ1) is 15.0. The molecule has 31 heavy (non-hydrogen) atoms. The lowest BCUT2D eigenvalue weighted by Gasteiger charge is -2.15. The van der Waals surface area contributed by atoms with Gasteiger partial charge in [0.15, 0.2) is 9.84 Å². The molecule has 1 aliphatic carbocycles. The van der Waals surface area contributed by atoms with Crippen LogP contribution in [0.4, 0.5) is 5.69 Å². The number of carbonyl (C=O) groups excluding carboxylic acids is 1. The van der Waals surface area contributed by atoms with Crippen LogP contribution in [0.5, 0.6) is 11.5 Å². The lowest BCUT2D eigenvalue weighted by Crippen LogP contribution is -2.23. The number of ether oxygens (including phenoxy) is 1. The Labute approximate surface area is 181 Å². The molecule has 1 atom stereocenters. The average Bonchev–Trinajstić information content (AvgIpc) is 3.44. The molecule has 0 bridgehead atoms. The number of benzene rings is 2. The van der Waals surface area contributed by atoms with Crippen molar-refractivity contribution in [3.8, 4) is 11.5 Å². The molecule has 2 aromatic carbocycles. The molecule has 2 aliphatic rings. The second-order valence-electron chi connectivity index (χ2n) is 8.02. The standard InChI is InChI=1S/C23H23N3O4S/c27-23(24-16-9-11-19(12-10-16)30-18-5-2-1-3-6-18)22-20-7-4-8-21(20)25-26(22)17-13-14-31(28,29)15-17/h1-3,5-6,9-12,17H,4,7-8,13-15H2,(H,24,27). The summed E-state index contributed by atoms with van der Waals surface area (Å²) in [6.45, 7) is 0. The van der Waals surface area contributed by atoms with Gasteiger partial charge in [0.25, 0.3) is 5.91 Å². The molecular formula is C23H23N3O4S. The number of para-hydroxylation sites is 1. The average molecular weight is 438 g/mol. The van der Waals surface area contributed by atoms with Crippen molar-refractivity contribution in [1.82, 2.24) is 9.78 Å². The SMILES string of the molecule is O=C(Nc1ccc(Oc2ccccc2)cc1)c1c2c(nn1C1CCS(=O)(=O)C1)CCC2. The molecule has 160 valence electrons. The highest BCUT2D eigenvalue weighted by Crippen LogP contribution is 2.32. The van der Waals surface area contributed by atoms with Gasteiger partial charge in [0.2, 0.25) is 0 Å². The van der Waals surface area contributed by atoms with Gasteiger partial charge in [-0.2, -0.15) is 5.10 Å². The van der Waals surface area contributed by atoms with Gasteiger partial charge in [-0.15, -0.1) is 0 Å². The molecule has 1 N–H and O–H groups in total. The van der Waals surface area contributed by atoms with E-state index in [1.807, 2.05) is 30.3 Å². The van der Waals surface area contributed by atoms with Crippen LogP contribution < -0.4 is 10.1 Å². The van der Waals surface area contributed by atoms with Crippen LogP contribution in [-0.4, -0.2) is 35.6 Å². The lowest BCUT2D eigenvalue weighted by atomic mass is 10.1. The Hall–Kier alpha value is -3.13. The van der Waals surface area contributed by atoms with Crippen LogP contribution in [0.25, 0.3) is 0 Å². The summed E-state index contributed by atoms with van der Waals surface area (Å²) in [5.74, 6) is 1.35. The number of aromatic nitrogens is 2. The largest absolute Gasteiger partial charge is 0.457 e. The van der Waals surface area contributed by atoms with E-state index >= 15 is 0 Å². The number of anilines is 1. The molecular weight excluding hydrogens is 414 g/mol. The molecule has 1 amide bonds. The van der Waals surface area contributed by atoms with Crippen LogP contribution in [0.1, 0.15) is 40.6 Å². The van der Waals surface area contributed by atoms with Crippen molar-refractivity contribution in [1.29, 1.82) is 0 Å². The highest BCUT2D eigenvalue weighted by atomic mass is 32.2. The predicted octanol–water partition coefficient (Wildman–Crippen LogP) is 3.78. The molecule has 0 radical (unpaired) electrons. The summed E-state index contributed by atoms with van der Waals surface area (Å²) in [4.78, 5) is 13.2. The summed E-state index contributed by atoms with van der Waals surface area (Å²) in [6, 6.07) is 16.4. The predicted molar refractivity (Wildman–Crippen MR) is 117 cm³/mol. The van der Waals surface area contributed by atoms with Crippen molar-refractivity contribution in [2.45, 2.75) is 31.7 Å².